The molecule has 0 saturated heterocycles. The molecule has 0 spiro atoms. The maximum absolute atomic E-state index is 12.1. The highest BCUT2D eigenvalue weighted by Crippen LogP contribution is 2.16. The molecule has 1 aromatic rings. The third-order valence-corrected chi connectivity index (χ3v) is 3.23. The fourth-order valence-electron chi connectivity index (χ4n) is 2.05. The van der Waals surface area contributed by atoms with E-state index in [1.807, 2.05) is 20.8 Å². The molecular formula is C13H23N5O2. The minimum absolute atomic E-state index is 0.0351. The van der Waals surface area contributed by atoms with Gasteiger partial charge in [0, 0.05) is 20.1 Å². The Morgan fingerprint density at radius 1 is 1.30 bits per heavy atom. The molecule has 0 aliphatic heterocycles. The van der Waals surface area contributed by atoms with E-state index in [9.17, 15) is 9.59 Å². The van der Waals surface area contributed by atoms with Gasteiger partial charge in [-0.3, -0.25) is 14.3 Å². The first-order valence-electron chi connectivity index (χ1n) is 6.83. The zero-order valence-electron chi connectivity index (χ0n) is 12.6. The van der Waals surface area contributed by atoms with Crippen molar-refractivity contribution < 1.29 is 9.59 Å². The minimum Gasteiger partial charge on any atom is -0.395 e. The third kappa shape index (κ3) is 3.28. The van der Waals surface area contributed by atoms with Crippen molar-refractivity contribution in [2.45, 2.75) is 27.2 Å². The quantitative estimate of drug-likeness (QED) is 0.777. The van der Waals surface area contributed by atoms with E-state index in [2.05, 4.69) is 10.4 Å². The van der Waals surface area contributed by atoms with E-state index in [0.717, 1.165) is 0 Å². The summed E-state index contributed by atoms with van der Waals surface area (Å²) in [7, 11) is 1.66. The molecule has 0 bridgehead atoms. The third-order valence-electron chi connectivity index (χ3n) is 3.23. The Kier molecular flexibility index (Phi) is 5.54. The number of anilines is 1. The zero-order valence-corrected chi connectivity index (χ0v) is 12.6. The fourth-order valence-corrected chi connectivity index (χ4v) is 2.05. The predicted molar refractivity (Wildman–Crippen MR) is 77.3 cm³/mol. The largest absolute Gasteiger partial charge is 0.395 e. The van der Waals surface area contributed by atoms with Crippen LogP contribution in [0.15, 0.2) is 0 Å². The number of nitrogen functional groups attached to an aromatic ring is 1. The van der Waals surface area contributed by atoms with Crippen LogP contribution in [0.1, 0.15) is 37.0 Å². The molecule has 0 aliphatic rings. The van der Waals surface area contributed by atoms with Gasteiger partial charge in [-0.05, 0) is 20.3 Å². The Bertz CT molecular complexity index is 491. The van der Waals surface area contributed by atoms with E-state index in [1.54, 1.807) is 11.9 Å². The second-order valence-electron chi connectivity index (χ2n) is 4.43. The smallest absolute Gasteiger partial charge is 0.272 e. The number of aromatic nitrogens is 2. The number of nitrogens with one attached hydrogen (secondary N) is 1. The summed E-state index contributed by atoms with van der Waals surface area (Å²) in [4.78, 5) is 25.6. The Morgan fingerprint density at radius 2 is 1.90 bits per heavy atom. The summed E-state index contributed by atoms with van der Waals surface area (Å²) in [6.07, 6.45) is 0.658. The van der Waals surface area contributed by atoms with Crippen LogP contribution in [0.3, 0.4) is 0 Å². The fraction of sp³-hybridized carbons (Fsp3) is 0.615. The molecular weight excluding hydrogens is 258 g/mol. The van der Waals surface area contributed by atoms with E-state index >= 15 is 0 Å². The molecule has 7 heteroatoms. The number of carbonyl (C=O) groups is 2. The van der Waals surface area contributed by atoms with Crippen LogP contribution < -0.4 is 11.1 Å². The van der Waals surface area contributed by atoms with Crippen LogP contribution in [0.4, 0.5) is 5.69 Å². The summed E-state index contributed by atoms with van der Waals surface area (Å²) in [5.41, 5.74) is 7.26. The number of aryl methyl sites for hydroxylation is 2. The van der Waals surface area contributed by atoms with Gasteiger partial charge in [0.25, 0.3) is 5.91 Å². The molecule has 0 aromatic carbocycles. The standard InChI is InChI=1S/C13H23N5O2/c1-5-9-11(14)12(17(4)16-9)13(20)15-8-10(19)18(6-2)7-3/h5-8,14H2,1-4H3,(H,15,20). The van der Waals surface area contributed by atoms with Crippen LogP contribution in [0, 0.1) is 0 Å². The van der Waals surface area contributed by atoms with Crippen molar-refractivity contribution in [2.24, 2.45) is 7.05 Å². The second kappa shape index (κ2) is 6.93. The molecule has 0 atom stereocenters. The molecule has 1 heterocycles. The second-order valence-corrected chi connectivity index (χ2v) is 4.43. The number of hydrogen-bond donors (Lipinski definition) is 2. The van der Waals surface area contributed by atoms with Crippen LogP contribution in [0.5, 0.6) is 0 Å². The zero-order chi connectivity index (χ0) is 15.3. The summed E-state index contributed by atoms with van der Waals surface area (Å²) in [6, 6.07) is 0. The summed E-state index contributed by atoms with van der Waals surface area (Å²) < 4.78 is 1.45. The Labute approximate surface area is 119 Å². The van der Waals surface area contributed by atoms with Crippen molar-refractivity contribution in [1.82, 2.24) is 20.0 Å². The molecule has 2 amide bonds. The highest BCUT2D eigenvalue weighted by Gasteiger charge is 2.20. The van der Waals surface area contributed by atoms with Gasteiger partial charge >= 0.3 is 0 Å². The van der Waals surface area contributed by atoms with E-state index in [0.29, 0.717) is 36.6 Å². The van der Waals surface area contributed by atoms with E-state index in [1.165, 1.54) is 4.68 Å². The predicted octanol–water partition coefficient (Wildman–Crippen LogP) is 0.163. The molecule has 20 heavy (non-hydrogen) atoms. The van der Waals surface area contributed by atoms with Gasteiger partial charge in [-0.2, -0.15) is 5.10 Å². The van der Waals surface area contributed by atoms with E-state index in [-0.39, 0.29) is 18.4 Å². The molecule has 0 radical (unpaired) electrons. The van der Waals surface area contributed by atoms with Gasteiger partial charge in [-0.15, -0.1) is 0 Å². The van der Waals surface area contributed by atoms with Gasteiger partial charge in [-0.25, -0.2) is 0 Å². The van der Waals surface area contributed by atoms with Crippen molar-refractivity contribution in [3.8, 4) is 0 Å². The average Bonchev–Trinajstić information content (AvgIpc) is 2.72. The van der Waals surface area contributed by atoms with Crippen LogP contribution in [0.2, 0.25) is 0 Å². The van der Waals surface area contributed by atoms with Gasteiger partial charge in [0.1, 0.15) is 5.69 Å². The lowest BCUT2D eigenvalue weighted by Gasteiger charge is -2.18. The highest BCUT2D eigenvalue weighted by atomic mass is 16.2. The Balaban J connectivity index is 2.73. The van der Waals surface area contributed by atoms with Crippen LogP contribution >= 0.6 is 0 Å². The van der Waals surface area contributed by atoms with Crippen molar-refractivity contribution >= 4 is 17.5 Å². The number of amides is 2. The van der Waals surface area contributed by atoms with E-state index in [4.69, 9.17) is 5.73 Å². The Morgan fingerprint density at radius 3 is 2.35 bits per heavy atom. The first-order chi connectivity index (χ1) is 9.46. The normalized spacial score (nSPS) is 10.4. The monoisotopic (exact) mass is 281 g/mol. The number of likely N-dealkylation sites (N-methyl/N-ethyl adjacent to an activating group) is 1. The van der Waals surface area contributed by atoms with Crippen molar-refractivity contribution in [2.75, 3.05) is 25.4 Å². The maximum Gasteiger partial charge on any atom is 0.272 e. The lowest BCUT2D eigenvalue weighted by molar-refractivity contribution is -0.129. The van der Waals surface area contributed by atoms with Crippen LogP contribution in [-0.2, 0) is 18.3 Å². The molecule has 0 unspecified atom stereocenters. The summed E-state index contributed by atoms with van der Waals surface area (Å²) in [5.74, 6) is -0.488. The van der Waals surface area contributed by atoms with Crippen molar-refractivity contribution in [3.05, 3.63) is 11.4 Å². The topological polar surface area (TPSA) is 93.2 Å². The van der Waals surface area contributed by atoms with Gasteiger partial charge in [0.2, 0.25) is 5.91 Å². The molecule has 1 aromatic heterocycles. The summed E-state index contributed by atoms with van der Waals surface area (Å²) >= 11 is 0. The lowest BCUT2D eigenvalue weighted by Crippen LogP contribution is -2.40. The average molecular weight is 281 g/mol. The van der Waals surface area contributed by atoms with Crippen LogP contribution in [-0.4, -0.2) is 46.1 Å². The van der Waals surface area contributed by atoms with Crippen molar-refractivity contribution in [1.29, 1.82) is 0 Å². The highest BCUT2D eigenvalue weighted by molar-refractivity contribution is 5.99. The lowest BCUT2D eigenvalue weighted by atomic mass is 10.2. The number of rotatable bonds is 6. The number of hydrogen-bond acceptors (Lipinski definition) is 4. The van der Waals surface area contributed by atoms with E-state index < -0.39 is 0 Å². The maximum atomic E-state index is 12.1. The molecule has 0 aliphatic carbocycles. The first-order valence-corrected chi connectivity index (χ1v) is 6.83. The number of nitrogens with two attached hydrogens (primary N) is 1. The molecule has 112 valence electrons. The minimum atomic E-state index is -0.377. The first kappa shape index (κ1) is 16.0. The number of nitrogens with zero attached hydrogens (tertiary/aromatic N) is 3. The molecule has 1 rings (SSSR count). The van der Waals surface area contributed by atoms with Gasteiger partial charge in [-0.1, -0.05) is 6.92 Å². The Hall–Kier alpha value is -2.05. The number of carbonyl (C=O) groups excluding carboxylic acids is 2. The molecule has 0 fully saturated rings. The molecule has 0 saturated carbocycles. The SMILES string of the molecule is CCc1nn(C)c(C(=O)NCC(=O)N(CC)CC)c1N. The molecule has 3 N–H and O–H groups in total. The summed E-state index contributed by atoms with van der Waals surface area (Å²) in [5, 5.41) is 6.78. The van der Waals surface area contributed by atoms with Gasteiger partial charge in [0.05, 0.1) is 17.9 Å². The summed E-state index contributed by atoms with van der Waals surface area (Å²) in [6.45, 7) is 6.93. The molecule has 7 nitrogen and oxygen atoms in total. The van der Waals surface area contributed by atoms with Crippen LogP contribution in [0.25, 0.3) is 0 Å². The van der Waals surface area contributed by atoms with Gasteiger partial charge < -0.3 is 16.0 Å². The van der Waals surface area contributed by atoms with Gasteiger partial charge in [0.15, 0.2) is 0 Å². The van der Waals surface area contributed by atoms with Crippen molar-refractivity contribution in [3.63, 3.8) is 0 Å².